The van der Waals surface area contributed by atoms with Gasteiger partial charge < -0.3 is 14.6 Å². The summed E-state index contributed by atoms with van der Waals surface area (Å²) < 4.78 is 11.1. The van der Waals surface area contributed by atoms with E-state index in [2.05, 4.69) is 13.8 Å². The zero-order valence-electron chi connectivity index (χ0n) is 28.1. The van der Waals surface area contributed by atoms with Crippen molar-refractivity contribution in [1.29, 1.82) is 0 Å². The number of hydrogen-bond donors (Lipinski definition) is 1. The van der Waals surface area contributed by atoms with Crippen LogP contribution >= 0.6 is 0 Å². The van der Waals surface area contributed by atoms with Gasteiger partial charge in [0.15, 0.2) is 0 Å². The Morgan fingerprint density at radius 1 is 0.488 bits per heavy atom. The second-order valence-electron chi connectivity index (χ2n) is 12.7. The third-order valence-corrected chi connectivity index (χ3v) is 8.43. The van der Waals surface area contributed by atoms with Gasteiger partial charge in [-0.2, -0.15) is 0 Å². The summed E-state index contributed by atoms with van der Waals surface area (Å²) in [5, 5.41) is 9.51. The average molecular weight is 583 g/mol. The molecular formula is C37H74O4. The molecule has 0 amide bonds. The average Bonchev–Trinajstić information content (AvgIpc) is 2.98. The smallest absolute Gasteiger partial charge is 0.306 e. The molecule has 0 aliphatic carbocycles. The molecule has 0 radical (unpaired) electrons. The fraction of sp³-hybridized carbons (Fsp3) is 0.973. The molecule has 0 aliphatic rings. The molecule has 0 aliphatic heterocycles. The fourth-order valence-electron chi connectivity index (χ4n) is 5.62. The van der Waals surface area contributed by atoms with Gasteiger partial charge in [-0.15, -0.1) is 0 Å². The highest BCUT2D eigenvalue weighted by molar-refractivity contribution is 5.69. The lowest BCUT2D eigenvalue weighted by atomic mass is 10.0. The molecule has 246 valence electrons. The summed E-state index contributed by atoms with van der Waals surface area (Å²) in [6.45, 7) is 5.36. The van der Waals surface area contributed by atoms with Crippen molar-refractivity contribution in [3.05, 3.63) is 0 Å². The van der Waals surface area contributed by atoms with Crippen LogP contribution in [0.3, 0.4) is 0 Å². The van der Waals surface area contributed by atoms with E-state index in [1.165, 1.54) is 167 Å². The first-order valence-electron chi connectivity index (χ1n) is 18.6. The molecule has 0 saturated heterocycles. The van der Waals surface area contributed by atoms with Crippen LogP contribution in [0.5, 0.6) is 0 Å². The van der Waals surface area contributed by atoms with E-state index in [9.17, 15) is 9.90 Å². The van der Waals surface area contributed by atoms with Gasteiger partial charge in [0.25, 0.3) is 0 Å². The Morgan fingerprint density at radius 2 is 0.805 bits per heavy atom. The number of unbranched alkanes of at least 4 members (excludes halogenated alkanes) is 27. The van der Waals surface area contributed by atoms with Crippen molar-refractivity contribution in [1.82, 2.24) is 0 Å². The molecule has 0 spiro atoms. The third-order valence-electron chi connectivity index (χ3n) is 8.43. The molecule has 0 aromatic heterocycles. The van der Waals surface area contributed by atoms with E-state index < -0.39 is 6.10 Å². The van der Waals surface area contributed by atoms with Crippen LogP contribution in [0.1, 0.15) is 206 Å². The van der Waals surface area contributed by atoms with Crippen LogP contribution < -0.4 is 0 Å². The van der Waals surface area contributed by atoms with Gasteiger partial charge in [0.2, 0.25) is 0 Å². The van der Waals surface area contributed by atoms with Gasteiger partial charge in [-0.3, -0.25) is 4.79 Å². The summed E-state index contributed by atoms with van der Waals surface area (Å²) in [6.07, 6.45) is 38.7. The lowest BCUT2D eigenvalue weighted by Gasteiger charge is -2.16. The van der Waals surface area contributed by atoms with E-state index in [0.29, 0.717) is 19.6 Å². The quantitative estimate of drug-likeness (QED) is 0.0596. The predicted molar refractivity (Wildman–Crippen MR) is 178 cm³/mol. The van der Waals surface area contributed by atoms with Gasteiger partial charge in [0, 0.05) is 13.0 Å². The number of carbonyl (C=O) groups is 1. The second-order valence-corrected chi connectivity index (χ2v) is 12.7. The molecule has 4 heteroatoms. The van der Waals surface area contributed by atoms with Crippen molar-refractivity contribution in [3.63, 3.8) is 0 Å². The van der Waals surface area contributed by atoms with Crippen LogP contribution in [0.25, 0.3) is 0 Å². The van der Waals surface area contributed by atoms with Gasteiger partial charge in [-0.1, -0.05) is 187 Å². The van der Waals surface area contributed by atoms with Crippen LogP contribution in [-0.4, -0.2) is 37.0 Å². The zero-order chi connectivity index (χ0) is 29.9. The van der Waals surface area contributed by atoms with Gasteiger partial charge in [0.1, 0.15) is 6.10 Å². The third kappa shape index (κ3) is 33.8. The van der Waals surface area contributed by atoms with Crippen molar-refractivity contribution in [2.75, 3.05) is 19.8 Å². The largest absolute Gasteiger partial charge is 0.457 e. The Morgan fingerprint density at radius 3 is 1.15 bits per heavy atom. The monoisotopic (exact) mass is 583 g/mol. The number of carbonyl (C=O) groups excluding carboxylic acids is 1. The highest BCUT2D eigenvalue weighted by Crippen LogP contribution is 2.15. The number of rotatable bonds is 35. The van der Waals surface area contributed by atoms with Crippen LogP contribution in [0, 0.1) is 0 Å². The molecule has 0 aromatic carbocycles. The maximum absolute atomic E-state index is 12.1. The first-order chi connectivity index (χ1) is 20.2. The molecule has 0 aromatic rings. The molecule has 1 N–H and O–H groups in total. The summed E-state index contributed by atoms with van der Waals surface area (Å²) in [5.41, 5.74) is 0. The number of aliphatic hydroxyl groups is 1. The Hall–Kier alpha value is -0.610. The molecule has 0 fully saturated rings. The van der Waals surface area contributed by atoms with Crippen molar-refractivity contribution in [2.45, 2.75) is 213 Å². The summed E-state index contributed by atoms with van der Waals surface area (Å²) in [7, 11) is 0. The lowest BCUT2D eigenvalue weighted by Crippen LogP contribution is -2.27. The minimum Gasteiger partial charge on any atom is -0.457 e. The highest BCUT2D eigenvalue weighted by atomic mass is 16.6. The normalized spacial score (nSPS) is 12.2. The maximum atomic E-state index is 12.1. The first kappa shape index (κ1) is 40.4. The molecule has 1 atom stereocenters. The summed E-state index contributed by atoms with van der Waals surface area (Å²) >= 11 is 0. The molecule has 4 nitrogen and oxygen atoms in total. The molecular weight excluding hydrogens is 508 g/mol. The molecule has 0 heterocycles. The Balaban J connectivity index is 3.33. The van der Waals surface area contributed by atoms with E-state index in [0.717, 1.165) is 19.3 Å². The van der Waals surface area contributed by atoms with Crippen molar-refractivity contribution >= 4 is 5.97 Å². The number of aliphatic hydroxyl groups excluding tert-OH is 1. The zero-order valence-corrected chi connectivity index (χ0v) is 28.1. The van der Waals surface area contributed by atoms with Crippen LogP contribution in [0.15, 0.2) is 0 Å². The molecule has 0 rings (SSSR count). The van der Waals surface area contributed by atoms with Crippen molar-refractivity contribution in [3.8, 4) is 0 Å². The molecule has 0 saturated carbocycles. The van der Waals surface area contributed by atoms with E-state index in [4.69, 9.17) is 9.47 Å². The molecule has 0 bridgehead atoms. The van der Waals surface area contributed by atoms with Crippen LogP contribution in [0.4, 0.5) is 0 Å². The highest BCUT2D eigenvalue weighted by Gasteiger charge is 2.13. The number of esters is 1. The van der Waals surface area contributed by atoms with Gasteiger partial charge in [0.05, 0.1) is 13.2 Å². The van der Waals surface area contributed by atoms with E-state index in [1.54, 1.807) is 0 Å². The molecule has 1 unspecified atom stereocenters. The summed E-state index contributed by atoms with van der Waals surface area (Å²) in [5.74, 6) is -0.197. The van der Waals surface area contributed by atoms with E-state index in [-0.39, 0.29) is 12.6 Å². The molecule has 41 heavy (non-hydrogen) atoms. The van der Waals surface area contributed by atoms with Crippen LogP contribution in [0.2, 0.25) is 0 Å². The van der Waals surface area contributed by atoms with E-state index >= 15 is 0 Å². The first-order valence-corrected chi connectivity index (χ1v) is 18.6. The SMILES string of the molecule is CCCCCCCCCCCCCCCCCCCCCCCC(=O)OC(CO)COCCCCCCCCCC. The minimum absolute atomic E-state index is 0.164. The number of ether oxygens (including phenoxy) is 2. The fourth-order valence-corrected chi connectivity index (χ4v) is 5.62. The van der Waals surface area contributed by atoms with Crippen LogP contribution in [-0.2, 0) is 14.3 Å². The lowest BCUT2D eigenvalue weighted by molar-refractivity contribution is -0.154. The van der Waals surface area contributed by atoms with Gasteiger partial charge >= 0.3 is 5.97 Å². The predicted octanol–water partition coefficient (Wildman–Crippen LogP) is 11.6. The van der Waals surface area contributed by atoms with Crippen molar-refractivity contribution < 1.29 is 19.4 Å². The standard InChI is InChI=1S/C37H74O4/c1-3-5-7-9-11-13-14-15-16-17-18-19-20-21-22-23-24-25-26-28-30-32-37(39)41-36(34-38)35-40-33-31-29-27-12-10-8-6-4-2/h36,38H,3-35H2,1-2H3. The minimum atomic E-state index is -0.522. The topological polar surface area (TPSA) is 55.8 Å². The van der Waals surface area contributed by atoms with Crippen molar-refractivity contribution in [2.24, 2.45) is 0 Å². The van der Waals surface area contributed by atoms with Gasteiger partial charge in [-0.25, -0.2) is 0 Å². The number of hydrogen-bond acceptors (Lipinski definition) is 4. The summed E-state index contributed by atoms with van der Waals surface area (Å²) in [4.78, 5) is 12.1. The summed E-state index contributed by atoms with van der Waals surface area (Å²) in [6, 6.07) is 0. The Labute approximate surface area is 257 Å². The Kier molecular flexibility index (Phi) is 35.1. The Bertz CT molecular complexity index is 495. The van der Waals surface area contributed by atoms with E-state index in [1.807, 2.05) is 0 Å². The van der Waals surface area contributed by atoms with Gasteiger partial charge in [-0.05, 0) is 12.8 Å². The second kappa shape index (κ2) is 35.6. The maximum Gasteiger partial charge on any atom is 0.306 e.